The number of piperidine rings is 1. The van der Waals surface area contributed by atoms with Gasteiger partial charge in [0.05, 0.1) is 4.34 Å². The van der Waals surface area contributed by atoms with E-state index in [1.807, 2.05) is 6.92 Å². The zero-order valence-corrected chi connectivity index (χ0v) is 14.0. The van der Waals surface area contributed by atoms with Crippen LogP contribution in [0.2, 0.25) is 4.34 Å². The van der Waals surface area contributed by atoms with Crippen LogP contribution in [0.25, 0.3) is 0 Å². The van der Waals surface area contributed by atoms with Crippen molar-refractivity contribution in [3.8, 4) is 0 Å². The summed E-state index contributed by atoms with van der Waals surface area (Å²) in [6, 6.07) is 3.10. The molecule has 0 saturated carbocycles. The van der Waals surface area contributed by atoms with E-state index in [2.05, 4.69) is 0 Å². The zero-order chi connectivity index (χ0) is 15.6. The van der Waals surface area contributed by atoms with Crippen LogP contribution in [-0.2, 0) is 14.8 Å². The molecule has 2 atom stereocenters. The molecule has 8 heteroatoms. The van der Waals surface area contributed by atoms with Gasteiger partial charge in [-0.1, -0.05) is 18.5 Å². The molecule has 1 aromatic heterocycles. The van der Waals surface area contributed by atoms with Crippen LogP contribution in [0, 0.1) is 11.8 Å². The van der Waals surface area contributed by atoms with Gasteiger partial charge in [-0.25, -0.2) is 8.42 Å². The molecule has 5 nitrogen and oxygen atoms in total. The van der Waals surface area contributed by atoms with Crippen LogP contribution in [0.15, 0.2) is 16.3 Å². The number of carboxylic acids is 1. The van der Waals surface area contributed by atoms with Crippen LogP contribution in [0.4, 0.5) is 0 Å². The van der Waals surface area contributed by atoms with Crippen LogP contribution in [0.1, 0.15) is 26.2 Å². The minimum Gasteiger partial charge on any atom is -0.481 e. The number of hydrogen-bond acceptors (Lipinski definition) is 4. The van der Waals surface area contributed by atoms with Gasteiger partial charge in [0.2, 0.25) is 0 Å². The van der Waals surface area contributed by atoms with Gasteiger partial charge in [-0.05, 0) is 36.8 Å². The van der Waals surface area contributed by atoms with Gasteiger partial charge in [0.25, 0.3) is 10.0 Å². The average molecular weight is 352 g/mol. The Morgan fingerprint density at radius 3 is 2.86 bits per heavy atom. The molecular formula is C13H18ClNO4S2. The van der Waals surface area contributed by atoms with Crippen molar-refractivity contribution < 1.29 is 18.3 Å². The Morgan fingerprint density at radius 2 is 2.29 bits per heavy atom. The topological polar surface area (TPSA) is 74.7 Å². The first-order valence-electron chi connectivity index (χ1n) is 6.78. The van der Waals surface area contributed by atoms with E-state index in [9.17, 15) is 13.2 Å². The van der Waals surface area contributed by atoms with Crippen LogP contribution in [0.3, 0.4) is 0 Å². The van der Waals surface area contributed by atoms with Crippen molar-refractivity contribution in [1.29, 1.82) is 0 Å². The molecule has 1 saturated heterocycles. The molecule has 2 heterocycles. The fourth-order valence-corrected chi connectivity index (χ4v) is 5.83. The number of nitrogens with zero attached hydrogens (tertiary/aromatic N) is 1. The lowest BCUT2D eigenvalue weighted by Gasteiger charge is -2.34. The molecule has 0 radical (unpaired) electrons. The maximum absolute atomic E-state index is 12.6. The average Bonchev–Trinajstić information content (AvgIpc) is 2.85. The second-order valence-electron chi connectivity index (χ2n) is 5.40. The normalized spacial score (nSPS) is 22.1. The Kier molecular flexibility index (Phi) is 5.29. The predicted molar refractivity (Wildman–Crippen MR) is 82.2 cm³/mol. The number of rotatable bonds is 5. The van der Waals surface area contributed by atoms with Crippen molar-refractivity contribution in [2.75, 3.05) is 13.1 Å². The smallest absolute Gasteiger partial charge is 0.303 e. The summed E-state index contributed by atoms with van der Waals surface area (Å²) in [5.74, 6) is -0.792. The molecule has 0 amide bonds. The SMILES string of the molecule is CC(CC(=O)O)C1CCCN(S(=O)(=O)c2ccc(Cl)s2)C1. The summed E-state index contributed by atoms with van der Waals surface area (Å²) in [5, 5.41) is 8.88. The van der Waals surface area contributed by atoms with Crippen molar-refractivity contribution in [1.82, 2.24) is 4.31 Å². The van der Waals surface area contributed by atoms with Crippen LogP contribution in [0.5, 0.6) is 0 Å². The van der Waals surface area contributed by atoms with Gasteiger partial charge < -0.3 is 5.11 Å². The Balaban J connectivity index is 2.12. The summed E-state index contributed by atoms with van der Waals surface area (Å²) in [5.41, 5.74) is 0. The third kappa shape index (κ3) is 3.97. The molecule has 0 spiro atoms. The molecule has 2 unspecified atom stereocenters. The second-order valence-corrected chi connectivity index (χ2v) is 9.28. The predicted octanol–water partition coefficient (Wildman–Crippen LogP) is 2.91. The van der Waals surface area contributed by atoms with Crippen molar-refractivity contribution in [3.05, 3.63) is 16.5 Å². The van der Waals surface area contributed by atoms with Gasteiger partial charge in [0.1, 0.15) is 4.21 Å². The number of sulfonamides is 1. The number of aliphatic carboxylic acids is 1. The summed E-state index contributed by atoms with van der Waals surface area (Å²) in [4.78, 5) is 10.8. The molecule has 2 rings (SSSR count). The monoisotopic (exact) mass is 351 g/mol. The Hall–Kier alpha value is -0.630. The highest BCUT2D eigenvalue weighted by Gasteiger charge is 2.33. The summed E-state index contributed by atoms with van der Waals surface area (Å²) >= 11 is 6.86. The van der Waals surface area contributed by atoms with Gasteiger partial charge in [0, 0.05) is 19.5 Å². The van der Waals surface area contributed by atoms with Crippen LogP contribution in [-0.4, -0.2) is 36.9 Å². The van der Waals surface area contributed by atoms with Crippen LogP contribution < -0.4 is 0 Å². The first-order valence-corrected chi connectivity index (χ1v) is 9.41. The van der Waals surface area contributed by atoms with Crippen molar-refractivity contribution in [3.63, 3.8) is 0 Å². The third-order valence-corrected chi connectivity index (χ3v) is 7.43. The van der Waals surface area contributed by atoms with Gasteiger partial charge in [-0.15, -0.1) is 11.3 Å². The maximum atomic E-state index is 12.6. The summed E-state index contributed by atoms with van der Waals surface area (Å²) in [7, 11) is -3.52. The van der Waals surface area contributed by atoms with E-state index >= 15 is 0 Å². The van der Waals surface area contributed by atoms with Gasteiger partial charge in [-0.3, -0.25) is 4.79 Å². The van der Waals surface area contributed by atoms with Gasteiger partial charge in [-0.2, -0.15) is 4.31 Å². The Bertz CT molecular complexity index is 613. The minimum atomic E-state index is -3.52. The highest BCUT2D eigenvalue weighted by Crippen LogP contribution is 2.32. The van der Waals surface area contributed by atoms with Crippen LogP contribution >= 0.6 is 22.9 Å². The van der Waals surface area contributed by atoms with E-state index in [0.717, 1.165) is 24.2 Å². The first kappa shape index (κ1) is 16.7. The maximum Gasteiger partial charge on any atom is 0.303 e. The number of carboxylic acid groups (broad SMARTS) is 1. The molecular weight excluding hydrogens is 334 g/mol. The summed E-state index contributed by atoms with van der Waals surface area (Å²) in [6.07, 6.45) is 1.70. The molecule has 118 valence electrons. The highest BCUT2D eigenvalue weighted by molar-refractivity contribution is 7.91. The largest absolute Gasteiger partial charge is 0.481 e. The number of thiophene rings is 1. The van der Waals surface area contributed by atoms with E-state index in [1.54, 1.807) is 6.07 Å². The van der Waals surface area contributed by atoms with Gasteiger partial charge in [0.15, 0.2) is 0 Å². The van der Waals surface area contributed by atoms with E-state index in [1.165, 1.54) is 10.4 Å². The standard InChI is InChI=1S/C13H18ClNO4S2/c1-9(7-12(16)17)10-3-2-6-15(8-10)21(18,19)13-5-4-11(14)20-13/h4-5,9-10H,2-3,6-8H2,1H3,(H,16,17). The molecule has 0 aliphatic carbocycles. The number of hydrogen-bond donors (Lipinski definition) is 1. The third-order valence-electron chi connectivity index (χ3n) is 3.86. The van der Waals surface area contributed by atoms with Crippen molar-refractivity contribution >= 4 is 38.9 Å². The molecule has 1 aliphatic rings. The van der Waals surface area contributed by atoms with Crippen molar-refractivity contribution in [2.24, 2.45) is 11.8 Å². The Morgan fingerprint density at radius 1 is 1.57 bits per heavy atom. The summed E-state index contributed by atoms with van der Waals surface area (Å²) < 4.78 is 27.3. The molecule has 0 bridgehead atoms. The Labute approximate surface area is 133 Å². The number of halogens is 1. The van der Waals surface area contributed by atoms with E-state index < -0.39 is 16.0 Å². The molecule has 0 aromatic carbocycles. The van der Waals surface area contributed by atoms with E-state index in [4.69, 9.17) is 16.7 Å². The van der Waals surface area contributed by atoms with Crippen molar-refractivity contribution in [2.45, 2.75) is 30.4 Å². The minimum absolute atomic E-state index is 0.0348. The lowest BCUT2D eigenvalue weighted by Crippen LogP contribution is -2.41. The molecule has 1 N–H and O–H groups in total. The fraction of sp³-hybridized carbons (Fsp3) is 0.615. The molecule has 1 aromatic rings. The zero-order valence-electron chi connectivity index (χ0n) is 11.7. The molecule has 21 heavy (non-hydrogen) atoms. The lowest BCUT2D eigenvalue weighted by atomic mass is 9.85. The number of carbonyl (C=O) groups is 1. The highest BCUT2D eigenvalue weighted by atomic mass is 35.5. The lowest BCUT2D eigenvalue weighted by molar-refractivity contribution is -0.138. The van der Waals surface area contributed by atoms with Gasteiger partial charge >= 0.3 is 5.97 Å². The summed E-state index contributed by atoms with van der Waals surface area (Å²) in [6.45, 7) is 2.73. The van der Waals surface area contributed by atoms with E-state index in [0.29, 0.717) is 17.4 Å². The fourth-order valence-electron chi connectivity index (χ4n) is 2.66. The quantitative estimate of drug-likeness (QED) is 0.885. The molecule has 1 aliphatic heterocycles. The second kappa shape index (κ2) is 6.64. The van der Waals surface area contributed by atoms with E-state index in [-0.39, 0.29) is 22.5 Å². The first-order chi connectivity index (χ1) is 9.80. The molecule has 1 fully saturated rings.